The SMILES string of the molecule is COc1c(C)cc(CN(C)CC(=O)N2CCN(c3ccc(F)cc3)CC2)cc1C. The van der Waals surface area contributed by atoms with Crippen LogP contribution >= 0.6 is 0 Å². The number of benzene rings is 2. The molecule has 0 radical (unpaired) electrons. The van der Waals surface area contributed by atoms with Crippen molar-refractivity contribution in [3.63, 3.8) is 0 Å². The molecule has 3 rings (SSSR count). The molecule has 156 valence electrons. The van der Waals surface area contributed by atoms with Crippen molar-refractivity contribution >= 4 is 11.6 Å². The Hall–Kier alpha value is -2.60. The number of carbonyl (C=O) groups is 1. The van der Waals surface area contributed by atoms with Crippen molar-refractivity contribution in [2.45, 2.75) is 20.4 Å². The lowest BCUT2D eigenvalue weighted by atomic mass is 10.1. The van der Waals surface area contributed by atoms with Crippen molar-refractivity contribution in [2.24, 2.45) is 0 Å². The normalized spacial score (nSPS) is 14.4. The highest BCUT2D eigenvalue weighted by Crippen LogP contribution is 2.25. The van der Waals surface area contributed by atoms with Gasteiger partial charge in [0.15, 0.2) is 0 Å². The van der Waals surface area contributed by atoms with E-state index in [1.165, 1.54) is 17.7 Å². The van der Waals surface area contributed by atoms with Crippen LogP contribution in [0.5, 0.6) is 5.75 Å². The first kappa shape index (κ1) is 21.1. The van der Waals surface area contributed by atoms with E-state index >= 15 is 0 Å². The highest BCUT2D eigenvalue weighted by molar-refractivity contribution is 5.78. The smallest absolute Gasteiger partial charge is 0.236 e. The number of hydrogen-bond donors (Lipinski definition) is 0. The summed E-state index contributed by atoms with van der Waals surface area (Å²) >= 11 is 0. The van der Waals surface area contributed by atoms with Crippen molar-refractivity contribution in [3.05, 3.63) is 58.9 Å². The Bertz CT molecular complexity index is 823. The van der Waals surface area contributed by atoms with E-state index in [2.05, 4.69) is 21.9 Å². The molecule has 0 saturated carbocycles. The Morgan fingerprint density at radius 1 is 1.07 bits per heavy atom. The molecular weight excluding hydrogens is 369 g/mol. The maximum Gasteiger partial charge on any atom is 0.236 e. The summed E-state index contributed by atoms with van der Waals surface area (Å²) in [7, 11) is 3.66. The summed E-state index contributed by atoms with van der Waals surface area (Å²) in [5.74, 6) is 0.840. The zero-order chi connectivity index (χ0) is 21.0. The molecule has 1 fully saturated rings. The van der Waals surface area contributed by atoms with Crippen LogP contribution in [0.4, 0.5) is 10.1 Å². The number of carbonyl (C=O) groups excluding carboxylic acids is 1. The summed E-state index contributed by atoms with van der Waals surface area (Å²) < 4.78 is 18.5. The van der Waals surface area contributed by atoms with Gasteiger partial charge in [-0.05, 0) is 61.9 Å². The third kappa shape index (κ3) is 5.26. The van der Waals surface area contributed by atoms with Crippen molar-refractivity contribution in [3.8, 4) is 5.75 Å². The number of rotatable bonds is 6. The molecule has 6 heteroatoms. The maximum absolute atomic E-state index is 13.1. The van der Waals surface area contributed by atoms with E-state index in [-0.39, 0.29) is 11.7 Å². The van der Waals surface area contributed by atoms with E-state index in [1.54, 1.807) is 19.2 Å². The van der Waals surface area contributed by atoms with Gasteiger partial charge in [-0.25, -0.2) is 4.39 Å². The Balaban J connectivity index is 1.51. The summed E-state index contributed by atoms with van der Waals surface area (Å²) in [5, 5.41) is 0. The first-order valence-electron chi connectivity index (χ1n) is 9.98. The van der Waals surface area contributed by atoms with Crippen molar-refractivity contribution < 1.29 is 13.9 Å². The Morgan fingerprint density at radius 3 is 2.21 bits per heavy atom. The van der Waals surface area contributed by atoms with Gasteiger partial charge in [0.1, 0.15) is 11.6 Å². The molecule has 1 saturated heterocycles. The van der Waals surface area contributed by atoms with E-state index in [0.29, 0.717) is 26.2 Å². The third-order valence-corrected chi connectivity index (χ3v) is 5.41. The molecule has 0 atom stereocenters. The highest BCUT2D eigenvalue weighted by atomic mass is 19.1. The summed E-state index contributed by atoms with van der Waals surface area (Å²) in [6.45, 7) is 8.08. The van der Waals surface area contributed by atoms with Crippen LogP contribution in [0, 0.1) is 19.7 Å². The number of nitrogens with zero attached hydrogens (tertiary/aromatic N) is 3. The first-order valence-corrected chi connectivity index (χ1v) is 9.98. The fraction of sp³-hybridized carbons (Fsp3) is 0.435. The predicted octanol–water partition coefficient (Wildman–Crippen LogP) is 3.23. The van der Waals surface area contributed by atoms with Gasteiger partial charge >= 0.3 is 0 Å². The van der Waals surface area contributed by atoms with Crippen LogP contribution in [0.2, 0.25) is 0 Å². The van der Waals surface area contributed by atoms with Crippen LogP contribution in [0.1, 0.15) is 16.7 Å². The molecule has 1 amide bonds. The van der Waals surface area contributed by atoms with Gasteiger partial charge in [0, 0.05) is 38.4 Å². The highest BCUT2D eigenvalue weighted by Gasteiger charge is 2.22. The minimum absolute atomic E-state index is 0.146. The Morgan fingerprint density at radius 2 is 1.66 bits per heavy atom. The van der Waals surface area contributed by atoms with Gasteiger partial charge in [-0.2, -0.15) is 0 Å². The van der Waals surface area contributed by atoms with E-state index in [0.717, 1.165) is 35.7 Å². The quantitative estimate of drug-likeness (QED) is 0.747. The zero-order valence-corrected chi connectivity index (χ0v) is 17.7. The average molecular weight is 400 g/mol. The number of amides is 1. The molecule has 1 aliphatic heterocycles. The second-order valence-corrected chi connectivity index (χ2v) is 7.78. The van der Waals surface area contributed by atoms with Gasteiger partial charge in [0.25, 0.3) is 0 Å². The predicted molar refractivity (Wildman–Crippen MR) is 114 cm³/mol. The van der Waals surface area contributed by atoms with Crippen LogP contribution in [0.3, 0.4) is 0 Å². The van der Waals surface area contributed by atoms with Crippen molar-refractivity contribution in [1.29, 1.82) is 0 Å². The molecule has 1 aliphatic rings. The summed E-state index contributed by atoms with van der Waals surface area (Å²) in [6, 6.07) is 10.8. The lowest BCUT2D eigenvalue weighted by Crippen LogP contribution is -2.51. The summed E-state index contributed by atoms with van der Waals surface area (Å²) in [4.78, 5) is 18.9. The van der Waals surface area contributed by atoms with Crippen molar-refractivity contribution in [2.75, 3.05) is 51.8 Å². The molecule has 29 heavy (non-hydrogen) atoms. The average Bonchev–Trinajstić information content (AvgIpc) is 2.68. The number of likely N-dealkylation sites (N-methyl/N-ethyl adjacent to an activating group) is 1. The largest absolute Gasteiger partial charge is 0.496 e. The summed E-state index contributed by atoms with van der Waals surface area (Å²) in [5.41, 5.74) is 4.40. The molecule has 0 bridgehead atoms. The third-order valence-electron chi connectivity index (χ3n) is 5.41. The lowest BCUT2D eigenvalue weighted by Gasteiger charge is -2.36. The van der Waals surface area contributed by atoms with Gasteiger partial charge in [-0.1, -0.05) is 12.1 Å². The second kappa shape index (κ2) is 9.27. The molecule has 2 aromatic rings. The van der Waals surface area contributed by atoms with Gasteiger partial charge in [-0.15, -0.1) is 0 Å². The number of halogens is 1. The van der Waals surface area contributed by atoms with E-state index < -0.39 is 0 Å². The van der Waals surface area contributed by atoms with Crippen LogP contribution in [0.15, 0.2) is 36.4 Å². The van der Waals surface area contributed by atoms with E-state index in [4.69, 9.17) is 4.74 Å². The van der Waals surface area contributed by atoms with Gasteiger partial charge in [-0.3, -0.25) is 9.69 Å². The molecule has 0 aliphatic carbocycles. The molecule has 1 heterocycles. The minimum atomic E-state index is -0.229. The number of ether oxygens (including phenoxy) is 1. The van der Waals surface area contributed by atoms with Crippen LogP contribution in [-0.4, -0.2) is 62.6 Å². The molecule has 0 aromatic heterocycles. The second-order valence-electron chi connectivity index (χ2n) is 7.78. The first-order chi connectivity index (χ1) is 13.9. The van der Waals surface area contributed by atoms with Crippen molar-refractivity contribution in [1.82, 2.24) is 9.80 Å². The lowest BCUT2D eigenvalue weighted by molar-refractivity contribution is -0.132. The van der Waals surface area contributed by atoms with Gasteiger partial charge in [0.05, 0.1) is 13.7 Å². The molecule has 0 spiro atoms. The molecule has 0 unspecified atom stereocenters. The molecular formula is C23H30FN3O2. The molecule has 0 N–H and O–H groups in total. The standard InChI is InChI=1S/C23H30FN3O2/c1-17-13-19(14-18(2)23(17)29-4)15-25(3)16-22(28)27-11-9-26(10-12-27)21-7-5-20(24)6-8-21/h5-8,13-14H,9-12,15-16H2,1-4H3. The fourth-order valence-electron chi connectivity index (χ4n) is 4.02. The topological polar surface area (TPSA) is 36.0 Å². The van der Waals surface area contributed by atoms with Crippen LogP contribution < -0.4 is 9.64 Å². The number of anilines is 1. The monoisotopic (exact) mass is 399 g/mol. The number of methoxy groups -OCH3 is 1. The van der Waals surface area contributed by atoms with Gasteiger partial charge in [0.2, 0.25) is 5.91 Å². The number of piperazine rings is 1. The minimum Gasteiger partial charge on any atom is -0.496 e. The fourth-order valence-corrected chi connectivity index (χ4v) is 4.02. The zero-order valence-electron chi connectivity index (χ0n) is 17.7. The van der Waals surface area contributed by atoms with Crippen LogP contribution in [0.25, 0.3) is 0 Å². The molecule has 2 aromatic carbocycles. The van der Waals surface area contributed by atoms with E-state index in [1.807, 2.05) is 25.8 Å². The molecule has 5 nitrogen and oxygen atoms in total. The van der Waals surface area contributed by atoms with Gasteiger partial charge < -0.3 is 14.5 Å². The number of hydrogen-bond acceptors (Lipinski definition) is 4. The maximum atomic E-state index is 13.1. The number of aryl methyl sites for hydroxylation is 2. The Kier molecular flexibility index (Phi) is 6.75. The van der Waals surface area contributed by atoms with Crippen LogP contribution in [-0.2, 0) is 11.3 Å². The van der Waals surface area contributed by atoms with E-state index in [9.17, 15) is 9.18 Å². The summed E-state index contributed by atoms with van der Waals surface area (Å²) in [6.07, 6.45) is 0. The Labute approximate surface area is 172 Å².